The lowest BCUT2D eigenvalue weighted by atomic mass is 10.1. The highest BCUT2D eigenvalue weighted by atomic mass is 32.1. The van der Waals surface area contributed by atoms with E-state index in [1.807, 2.05) is 6.07 Å². The van der Waals surface area contributed by atoms with Crippen LogP contribution in [0.3, 0.4) is 0 Å². The van der Waals surface area contributed by atoms with Crippen LogP contribution in [0.1, 0.15) is 23.8 Å². The van der Waals surface area contributed by atoms with Gasteiger partial charge in [-0.3, -0.25) is 0 Å². The molecule has 3 rings (SSSR count). The van der Waals surface area contributed by atoms with E-state index in [1.54, 1.807) is 30.8 Å². The molecule has 1 saturated heterocycles. The van der Waals surface area contributed by atoms with Crippen molar-refractivity contribution < 1.29 is 4.74 Å². The van der Waals surface area contributed by atoms with Gasteiger partial charge in [-0.15, -0.1) is 11.3 Å². The van der Waals surface area contributed by atoms with Crippen LogP contribution < -0.4 is 10.2 Å². The van der Waals surface area contributed by atoms with Crippen LogP contribution in [-0.4, -0.2) is 42.8 Å². The van der Waals surface area contributed by atoms with Crippen LogP contribution in [0.2, 0.25) is 0 Å². The normalized spacial score (nSPS) is 17.6. The molecule has 0 unspecified atom stereocenters. The number of anilines is 1. The van der Waals surface area contributed by atoms with Crippen LogP contribution in [0.4, 0.5) is 5.95 Å². The monoisotopic (exact) mass is 318 g/mol. The smallest absolute Gasteiger partial charge is 0.225 e. The summed E-state index contributed by atoms with van der Waals surface area (Å²) in [6, 6.07) is 6.60. The highest BCUT2D eigenvalue weighted by molar-refractivity contribution is 7.10. The SMILES string of the molecule is CO[C@H](CNC1CCN(c2ncccn2)CC1)c1cccs1. The summed E-state index contributed by atoms with van der Waals surface area (Å²) in [7, 11) is 1.78. The molecule has 1 aliphatic heterocycles. The number of ether oxygens (including phenoxy) is 1. The first-order valence-corrected chi connectivity index (χ1v) is 8.56. The summed E-state index contributed by atoms with van der Waals surface area (Å²) in [6.45, 7) is 2.86. The van der Waals surface area contributed by atoms with Crippen LogP contribution in [-0.2, 0) is 4.74 Å². The first-order valence-electron chi connectivity index (χ1n) is 7.68. The molecule has 2 aromatic heterocycles. The second kappa shape index (κ2) is 7.67. The van der Waals surface area contributed by atoms with Crippen molar-refractivity contribution in [2.75, 3.05) is 31.6 Å². The fraction of sp³-hybridized carbons (Fsp3) is 0.500. The maximum Gasteiger partial charge on any atom is 0.225 e. The minimum Gasteiger partial charge on any atom is -0.375 e. The number of thiophene rings is 1. The molecule has 1 aliphatic rings. The molecule has 0 amide bonds. The Morgan fingerprint density at radius 1 is 1.32 bits per heavy atom. The Morgan fingerprint density at radius 2 is 2.09 bits per heavy atom. The van der Waals surface area contributed by atoms with Crippen molar-refractivity contribution in [1.82, 2.24) is 15.3 Å². The molecule has 3 heterocycles. The molecule has 1 N–H and O–H groups in total. The van der Waals surface area contributed by atoms with Gasteiger partial charge in [0.1, 0.15) is 6.10 Å². The summed E-state index contributed by atoms with van der Waals surface area (Å²) in [6.07, 6.45) is 5.97. The summed E-state index contributed by atoms with van der Waals surface area (Å²) >= 11 is 1.75. The predicted molar refractivity (Wildman–Crippen MR) is 89.3 cm³/mol. The molecule has 6 heteroatoms. The second-order valence-electron chi connectivity index (χ2n) is 5.46. The molecule has 0 spiro atoms. The van der Waals surface area contributed by atoms with Gasteiger partial charge in [-0.1, -0.05) is 6.07 Å². The predicted octanol–water partition coefficient (Wildman–Crippen LogP) is 2.48. The third-order valence-corrected chi connectivity index (χ3v) is 5.03. The first-order chi connectivity index (χ1) is 10.9. The van der Waals surface area contributed by atoms with Crippen LogP contribution >= 0.6 is 11.3 Å². The van der Waals surface area contributed by atoms with E-state index in [-0.39, 0.29) is 6.10 Å². The van der Waals surface area contributed by atoms with E-state index in [1.165, 1.54) is 4.88 Å². The topological polar surface area (TPSA) is 50.3 Å². The van der Waals surface area contributed by atoms with Crippen LogP contribution in [0.15, 0.2) is 36.0 Å². The van der Waals surface area contributed by atoms with Crippen molar-refractivity contribution in [3.8, 4) is 0 Å². The van der Waals surface area contributed by atoms with Gasteiger partial charge in [-0.25, -0.2) is 9.97 Å². The molecular formula is C16H22N4OS. The minimum absolute atomic E-state index is 0.149. The molecule has 1 fully saturated rings. The highest BCUT2D eigenvalue weighted by Gasteiger charge is 2.21. The lowest BCUT2D eigenvalue weighted by molar-refractivity contribution is 0.101. The molecular weight excluding hydrogens is 296 g/mol. The van der Waals surface area contributed by atoms with Crippen LogP contribution in [0.25, 0.3) is 0 Å². The van der Waals surface area contributed by atoms with Crippen LogP contribution in [0.5, 0.6) is 0 Å². The number of rotatable bonds is 6. The molecule has 5 nitrogen and oxygen atoms in total. The third-order valence-electron chi connectivity index (χ3n) is 4.07. The number of nitrogens with zero attached hydrogens (tertiary/aromatic N) is 3. The summed E-state index contributed by atoms with van der Waals surface area (Å²) in [5, 5.41) is 5.74. The second-order valence-corrected chi connectivity index (χ2v) is 6.44. The van der Waals surface area contributed by atoms with Gasteiger partial charge in [0.25, 0.3) is 0 Å². The van der Waals surface area contributed by atoms with Crippen molar-refractivity contribution in [2.45, 2.75) is 25.0 Å². The van der Waals surface area contributed by atoms with Crippen molar-refractivity contribution in [2.24, 2.45) is 0 Å². The molecule has 118 valence electrons. The number of aromatic nitrogens is 2. The Labute approximate surface area is 135 Å². The zero-order chi connectivity index (χ0) is 15.2. The average Bonchev–Trinajstić information content (AvgIpc) is 3.11. The van der Waals surface area contributed by atoms with E-state index in [4.69, 9.17) is 4.74 Å². The molecule has 0 saturated carbocycles. The zero-order valence-corrected chi connectivity index (χ0v) is 13.6. The largest absolute Gasteiger partial charge is 0.375 e. The molecule has 0 aliphatic carbocycles. The van der Waals surface area contributed by atoms with Gasteiger partial charge >= 0.3 is 0 Å². The fourth-order valence-electron chi connectivity index (χ4n) is 2.79. The summed E-state index contributed by atoms with van der Waals surface area (Å²) in [4.78, 5) is 12.2. The lowest BCUT2D eigenvalue weighted by Gasteiger charge is -2.33. The molecule has 0 aromatic carbocycles. The van der Waals surface area contributed by atoms with Gasteiger partial charge in [-0.2, -0.15) is 0 Å². The highest BCUT2D eigenvalue weighted by Crippen LogP contribution is 2.22. The minimum atomic E-state index is 0.149. The average molecular weight is 318 g/mol. The van der Waals surface area contributed by atoms with Gasteiger partial charge in [0.15, 0.2) is 0 Å². The van der Waals surface area contributed by atoms with E-state index in [2.05, 4.69) is 37.7 Å². The summed E-state index contributed by atoms with van der Waals surface area (Å²) < 4.78 is 5.59. The summed E-state index contributed by atoms with van der Waals surface area (Å²) in [5.41, 5.74) is 0. The number of nitrogens with one attached hydrogen (secondary N) is 1. The van der Waals surface area contributed by atoms with Gasteiger partial charge in [0.05, 0.1) is 0 Å². The zero-order valence-electron chi connectivity index (χ0n) is 12.8. The van der Waals surface area contributed by atoms with E-state index >= 15 is 0 Å². The Bertz CT molecular complexity index is 541. The Hall–Kier alpha value is -1.50. The Balaban J connectivity index is 1.46. The molecule has 2 aromatic rings. The van der Waals surface area contributed by atoms with E-state index in [0.29, 0.717) is 6.04 Å². The number of hydrogen-bond acceptors (Lipinski definition) is 6. The number of piperidine rings is 1. The Kier molecular flexibility index (Phi) is 5.37. The molecule has 1 atom stereocenters. The molecule has 22 heavy (non-hydrogen) atoms. The van der Waals surface area contributed by atoms with Gasteiger partial charge in [0.2, 0.25) is 5.95 Å². The summed E-state index contributed by atoms with van der Waals surface area (Å²) in [5.74, 6) is 0.842. The third kappa shape index (κ3) is 3.82. The van der Waals surface area contributed by atoms with Crippen molar-refractivity contribution in [3.05, 3.63) is 40.8 Å². The molecule has 0 bridgehead atoms. The van der Waals surface area contributed by atoms with Crippen LogP contribution in [0, 0.1) is 0 Å². The Morgan fingerprint density at radius 3 is 2.73 bits per heavy atom. The number of hydrogen-bond donors (Lipinski definition) is 1. The standard InChI is InChI=1S/C16H22N4OS/c1-21-14(15-4-2-11-22-15)12-19-13-5-9-20(10-6-13)16-17-7-3-8-18-16/h2-4,7-8,11,13-14,19H,5-6,9-10,12H2,1H3/t14-/m1/s1. The van der Waals surface area contributed by atoms with E-state index in [9.17, 15) is 0 Å². The quantitative estimate of drug-likeness (QED) is 0.887. The van der Waals surface area contributed by atoms with Crippen molar-refractivity contribution in [1.29, 1.82) is 0 Å². The van der Waals surface area contributed by atoms with E-state index in [0.717, 1.165) is 38.4 Å². The lowest BCUT2D eigenvalue weighted by Crippen LogP contribution is -2.44. The van der Waals surface area contributed by atoms with Gasteiger partial charge in [-0.05, 0) is 30.4 Å². The maximum atomic E-state index is 5.59. The van der Waals surface area contributed by atoms with E-state index < -0.39 is 0 Å². The van der Waals surface area contributed by atoms with Crippen molar-refractivity contribution in [3.63, 3.8) is 0 Å². The molecule has 0 radical (unpaired) electrons. The van der Waals surface area contributed by atoms with Gasteiger partial charge in [0, 0.05) is 50.1 Å². The van der Waals surface area contributed by atoms with Crippen molar-refractivity contribution >= 4 is 17.3 Å². The van der Waals surface area contributed by atoms with Gasteiger partial charge < -0.3 is 15.0 Å². The fourth-order valence-corrected chi connectivity index (χ4v) is 3.59. The number of methoxy groups -OCH3 is 1. The maximum absolute atomic E-state index is 5.59. The first kappa shape index (κ1) is 15.4.